The molecular formula is C6H18ClNO3Si. The van der Waals surface area contributed by atoms with Crippen molar-refractivity contribution in [2.45, 2.75) is 18.3 Å². The van der Waals surface area contributed by atoms with Crippen molar-refractivity contribution in [3.8, 4) is 0 Å². The fraction of sp³-hybridized carbons (Fsp3) is 1.00. The molecule has 0 saturated carbocycles. The first-order valence-corrected chi connectivity index (χ1v) is 5.70. The Bertz CT molecular complexity index is 105. The topological polar surface area (TPSA) is 62.7 Å². The van der Waals surface area contributed by atoms with E-state index in [1.54, 1.807) is 21.3 Å². The van der Waals surface area contributed by atoms with Crippen LogP contribution < -0.4 is 6.15 Å². The maximum Gasteiger partial charge on any atom is 0.518 e. The summed E-state index contributed by atoms with van der Waals surface area (Å²) in [5.74, 6) is 0. The molecule has 0 spiro atoms. The van der Waals surface area contributed by atoms with Crippen LogP contribution in [0.1, 0.15) is 13.3 Å². The minimum atomic E-state index is -2.56. The zero-order valence-corrected chi connectivity index (χ0v) is 9.85. The lowest BCUT2D eigenvalue weighted by atomic mass is 10.6. The van der Waals surface area contributed by atoms with Gasteiger partial charge in [-0.15, -0.1) is 11.6 Å². The Kier molecular flexibility index (Phi) is 8.44. The van der Waals surface area contributed by atoms with Gasteiger partial charge in [0.1, 0.15) is 5.00 Å². The van der Waals surface area contributed by atoms with Gasteiger partial charge < -0.3 is 19.4 Å². The number of hydrogen-bond donors (Lipinski definition) is 1. The quantitative estimate of drug-likeness (QED) is 0.559. The van der Waals surface area contributed by atoms with Gasteiger partial charge in [-0.25, -0.2) is 0 Å². The number of alkyl halides is 1. The molecule has 0 aliphatic heterocycles. The number of rotatable bonds is 5. The predicted molar refractivity (Wildman–Crippen MR) is 51.7 cm³/mol. The summed E-state index contributed by atoms with van der Waals surface area (Å²) in [4.78, 5) is 0. The molecule has 0 rings (SSSR count). The molecule has 12 heavy (non-hydrogen) atoms. The third-order valence-electron chi connectivity index (χ3n) is 1.60. The van der Waals surface area contributed by atoms with E-state index in [0.29, 0.717) is 0 Å². The zero-order chi connectivity index (χ0) is 8.91. The molecule has 6 heteroatoms. The van der Waals surface area contributed by atoms with Gasteiger partial charge in [0.15, 0.2) is 0 Å². The van der Waals surface area contributed by atoms with Gasteiger partial charge >= 0.3 is 8.80 Å². The van der Waals surface area contributed by atoms with Crippen molar-refractivity contribution in [2.75, 3.05) is 21.3 Å². The van der Waals surface area contributed by atoms with Crippen LogP contribution in [0.3, 0.4) is 0 Å². The van der Waals surface area contributed by atoms with Crippen LogP contribution in [0.15, 0.2) is 0 Å². The van der Waals surface area contributed by atoms with Crippen molar-refractivity contribution in [1.29, 1.82) is 0 Å². The molecule has 0 heterocycles. The van der Waals surface area contributed by atoms with Gasteiger partial charge in [0.25, 0.3) is 0 Å². The van der Waals surface area contributed by atoms with Crippen LogP contribution in [0.5, 0.6) is 0 Å². The van der Waals surface area contributed by atoms with E-state index in [9.17, 15) is 0 Å². The predicted octanol–water partition coefficient (Wildman–Crippen LogP) is 1.58. The second-order valence-corrected chi connectivity index (χ2v) is 6.11. The molecule has 0 radical (unpaired) electrons. The molecule has 0 aliphatic rings. The maximum absolute atomic E-state index is 5.98. The fourth-order valence-electron chi connectivity index (χ4n) is 0.884. The molecule has 0 saturated heterocycles. The third kappa shape index (κ3) is 3.00. The average molecular weight is 216 g/mol. The third-order valence-corrected chi connectivity index (χ3v) is 5.59. The fourth-order valence-corrected chi connectivity index (χ4v) is 3.45. The summed E-state index contributed by atoms with van der Waals surface area (Å²) in [5, 5.41) is -0.164. The summed E-state index contributed by atoms with van der Waals surface area (Å²) in [5.41, 5.74) is 0. The van der Waals surface area contributed by atoms with Gasteiger partial charge in [-0.1, -0.05) is 6.92 Å². The average Bonchev–Trinajstić information content (AvgIpc) is 2.08. The minimum absolute atomic E-state index is 0. The Morgan fingerprint density at radius 3 is 1.58 bits per heavy atom. The minimum Gasteiger partial charge on any atom is -0.376 e. The highest BCUT2D eigenvalue weighted by Gasteiger charge is 2.45. The van der Waals surface area contributed by atoms with Gasteiger partial charge in [-0.05, 0) is 6.42 Å². The number of halogens is 1. The van der Waals surface area contributed by atoms with E-state index >= 15 is 0 Å². The van der Waals surface area contributed by atoms with Gasteiger partial charge in [0, 0.05) is 21.3 Å². The van der Waals surface area contributed by atoms with Crippen molar-refractivity contribution >= 4 is 20.4 Å². The Hall–Kier alpha value is 0.347. The van der Waals surface area contributed by atoms with Gasteiger partial charge in [-0.2, -0.15) is 0 Å². The van der Waals surface area contributed by atoms with E-state index in [1.807, 2.05) is 6.92 Å². The van der Waals surface area contributed by atoms with Crippen LogP contribution in [0.25, 0.3) is 0 Å². The summed E-state index contributed by atoms with van der Waals surface area (Å²) in [6, 6.07) is 0. The van der Waals surface area contributed by atoms with Crippen LogP contribution in [-0.4, -0.2) is 35.1 Å². The van der Waals surface area contributed by atoms with E-state index in [1.165, 1.54) is 0 Å². The van der Waals surface area contributed by atoms with Gasteiger partial charge in [-0.3, -0.25) is 0 Å². The van der Waals surface area contributed by atoms with Crippen LogP contribution in [0.2, 0.25) is 0 Å². The summed E-state index contributed by atoms with van der Waals surface area (Å²) in [7, 11) is 2.12. The van der Waals surface area contributed by atoms with E-state index in [4.69, 9.17) is 24.9 Å². The molecule has 0 aromatic rings. The summed E-state index contributed by atoms with van der Waals surface area (Å²) in [6.07, 6.45) is 0.781. The van der Waals surface area contributed by atoms with E-state index in [0.717, 1.165) is 6.42 Å². The van der Waals surface area contributed by atoms with Crippen molar-refractivity contribution in [3.63, 3.8) is 0 Å². The molecule has 0 aliphatic carbocycles. The zero-order valence-electron chi connectivity index (χ0n) is 8.09. The van der Waals surface area contributed by atoms with Crippen LogP contribution in [0, 0.1) is 0 Å². The molecule has 0 aromatic carbocycles. The highest BCUT2D eigenvalue weighted by molar-refractivity contribution is 6.71. The van der Waals surface area contributed by atoms with Crippen LogP contribution >= 0.6 is 11.6 Å². The first-order valence-electron chi connectivity index (χ1n) is 3.46. The molecule has 1 atom stereocenters. The summed E-state index contributed by atoms with van der Waals surface area (Å²) >= 11 is 5.98. The molecule has 0 aromatic heterocycles. The Morgan fingerprint density at radius 2 is 1.50 bits per heavy atom. The van der Waals surface area contributed by atoms with E-state index in [-0.39, 0.29) is 11.2 Å². The maximum atomic E-state index is 5.98. The van der Waals surface area contributed by atoms with Gasteiger partial charge in [0.2, 0.25) is 0 Å². The lowest BCUT2D eigenvalue weighted by molar-refractivity contribution is 0.120. The van der Waals surface area contributed by atoms with Crippen molar-refractivity contribution in [1.82, 2.24) is 6.15 Å². The monoisotopic (exact) mass is 215 g/mol. The van der Waals surface area contributed by atoms with Crippen molar-refractivity contribution in [2.24, 2.45) is 0 Å². The summed E-state index contributed by atoms with van der Waals surface area (Å²) < 4.78 is 15.5. The first kappa shape index (κ1) is 14.8. The standard InChI is InChI=1S/C6H15ClO3Si.H3N/c1-5-6(7)11(8-2,9-3)10-4;/h6H,5H2,1-4H3;1H3. The Balaban J connectivity index is 0. The molecule has 1 unspecified atom stereocenters. The van der Waals surface area contributed by atoms with Crippen molar-refractivity contribution in [3.05, 3.63) is 0 Å². The van der Waals surface area contributed by atoms with E-state index < -0.39 is 8.80 Å². The first-order chi connectivity index (χ1) is 5.16. The highest BCUT2D eigenvalue weighted by Crippen LogP contribution is 2.19. The molecule has 3 N–H and O–H groups in total. The normalized spacial score (nSPS) is 13.8. The smallest absolute Gasteiger partial charge is 0.376 e. The molecular weight excluding hydrogens is 198 g/mol. The van der Waals surface area contributed by atoms with Crippen molar-refractivity contribution < 1.29 is 13.3 Å². The molecule has 0 bridgehead atoms. The number of hydrogen-bond acceptors (Lipinski definition) is 4. The highest BCUT2D eigenvalue weighted by atomic mass is 35.5. The second-order valence-electron chi connectivity index (χ2n) is 2.09. The largest absolute Gasteiger partial charge is 0.518 e. The summed E-state index contributed by atoms with van der Waals surface area (Å²) in [6.45, 7) is 1.97. The van der Waals surface area contributed by atoms with E-state index in [2.05, 4.69) is 0 Å². The lowest BCUT2D eigenvalue weighted by Gasteiger charge is -2.27. The van der Waals surface area contributed by atoms with Gasteiger partial charge in [0.05, 0.1) is 0 Å². The Labute approximate surface area is 80.1 Å². The van der Waals surface area contributed by atoms with Crippen LogP contribution in [0.4, 0.5) is 0 Å². The second kappa shape index (κ2) is 6.82. The lowest BCUT2D eigenvalue weighted by Crippen LogP contribution is -2.51. The van der Waals surface area contributed by atoms with Crippen LogP contribution in [-0.2, 0) is 13.3 Å². The SMILES string of the molecule is CCC(Cl)[Si](OC)(OC)OC.N. The molecule has 0 fully saturated rings. The Morgan fingerprint density at radius 1 is 1.17 bits per heavy atom. The molecule has 4 nitrogen and oxygen atoms in total. The molecule has 76 valence electrons. The molecule has 0 amide bonds.